The largest absolute Gasteiger partial charge is 0.507 e. The van der Waals surface area contributed by atoms with Crippen LogP contribution >= 0.6 is 0 Å². The molecule has 1 fully saturated rings. The quantitative estimate of drug-likeness (QED) is 0.206. The molecule has 8 nitrogen and oxygen atoms in total. The predicted octanol–water partition coefficient (Wildman–Crippen LogP) is 4.03. The zero-order chi connectivity index (χ0) is 26.2. The lowest BCUT2D eigenvalue weighted by molar-refractivity contribution is -0.139. The molecule has 1 atom stereocenters. The van der Waals surface area contributed by atoms with Gasteiger partial charge in [-0.25, -0.2) is 0 Å². The topological polar surface area (TPSA) is 88.5 Å². The number of hydrogen-bond acceptors (Lipinski definition) is 7. The minimum Gasteiger partial charge on any atom is -0.507 e. The van der Waals surface area contributed by atoms with Crippen LogP contribution in [0.15, 0.2) is 60.7 Å². The lowest BCUT2D eigenvalue weighted by Gasteiger charge is -2.26. The smallest absolute Gasteiger partial charge is 0.295 e. The maximum absolute atomic E-state index is 13.2. The van der Waals surface area contributed by atoms with E-state index in [1.54, 1.807) is 55.7 Å². The van der Waals surface area contributed by atoms with Gasteiger partial charge in [-0.2, -0.15) is 0 Å². The van der Waals surface area contributed by atoms with Crippen LogP contribution < -0.4 is 14.2 Å². The monoisotopic (exact) mass is 494 g/mol. The summed E-state index contributed by atoms with van der Waals surface area (Å²) in [4.78, 5) is 29.9. The van der Waals surface area contributed by atoms with Gasteiger partial charge in [0.25, 0.3) is 11.7 Å². The number of carbonyl (C=O) groups is 2. The van der Waals surface area contributed by atoms with E-state index in [-0.39, 0.29) is 11.3 Å². The van der Waals surface area contributed by atoms with Crippen molar-refractivity contribution in [3.05, 3.63) is 71.8 Å². The van der Waals surface area contributed by atoms with Crippen molar-refractivity contribution in [2.75, 3.05) is 47.5 Å². The molecule has 1 saturated heterocycles. The van der Waals surface area contributed by atoms with Crippen molar-refractivity contribution < 1.29 is 28.9 Å². The van der Waals surface area contributed by atoms with E-state index in [0.29, 0.717) is 54.6 Å². The number of aliphatic hydroxyl groups is 1. The Balaban J connectivity index is 2.12. The van der Waals surface area contributed by atoms with E-state index < -0.39 is 17.7 Å². The molecule has 8 heteroatoms. The average molecular weight is 495 g/mol. The highest BCUT2D eigenvalue weighted by Crippen LogP contribution is 2.42. The second kappa shape index (κ2) is 12.3. The molecular weight excluding hydrogens is 460 g/mol. The fourth-order valence-corrected chi connectivity index (χ4v) is 4.15. The average Bonchev–Trinajstić information content (AvgIpc) is 3.12. The van der Waals surface area contributed by atoms with Crippen LogP contribution in [0.5, 0.6) is 17.2 Å². The Morgan fingerprint density at radius 2 is 1.83 bits per heavy atom. The summed E-state index contributed by atoms with van der Waals surface area (Å²) in [5.74, 6) is 0.0343. The molecule has 0 spiro atoms. The van der Waals surface area contributed by atoms with E-state index in [9.17, 15) is 14.7 Å². The summed E-state index contributed by atoms with van der Waals surface area (Å²) in [6, 6.07) is 11.2. The van der Waals surface area contributed by atoms with Crippen molar-refractivity contribution in [3.63, 3.8) is 0 Å². The zero-order valence-corrected chi connectivity index (χ0v) is 21.3. The van der Waals surface area contributed by atoms with Gasteiger partial charge >= 0.3 is 0 Å². The molecule has 1 aliphatic heterocycles. The summed E-state index contributed by atoms with van der Waals surface area (Å²) in [5, 5.41) is 11.2. The van der Waals surface area contributed by atoms with Gasteiger partial charge < -0.3 is 29.1 Å². The second-order valence-corrected chi connectivity index (χ2v) is 8.62. The van der Waals surface area contributed by atoms with Gasteiger partial charge in [0.1, 0.15) is 18.1 Å². The molecule has 1 N–H and O–H groups in total. The number of carbonyl (C=O) groups excluding carboxylic acids is 2. The number of ketones is 1. The molecule has 1 amide bonds. The second-order valence-electron chi connectivity index (χ2n) is 8.62. The summed E-state index contributed by atoms with van der Waals surface area (Å²) in [6.07, 6.45) is 2.30. The van der Waals surface area contributed by atoms with Gasteiger partial charge in [-0.3, -0.25) is 9.59 Å². The van der Waals surface area contributed by atoms with Crippen LogP contribution in [0.25, 0.3) is 5.76 Å². The third-order valence-electron chi connectivity index (χ3n) is 5.85. The lowest BCUT2D eigenvalue weighted by atomic mass is 9.95. The van der Waals surface area contributed by atoms with Crippen LogP contribution in [-0.4, -0.2) is 74.1 Å². The molecule has 1 heterocycles. The maximum atomic E-state index is 13.2. The van der Waals surface area contributed by atoms with Crippen LogP contribution in [0.2, 0.25) is 0 Å². The van der Waals surface area contributed by atoms with E-state index in [0.717, 1.165) is 6.54 Å². The molecule has 3 rings (SSSR count). The van der Waals surface area contributed by atoms with Gasteiger partial charge in [0.2, 0.25) is 0 Å². The number of nitrogens with zero attached hydrogens (tertiary/aromatic N) is 2. The Morgan fingerprint density at radius 3 is 2.44 bits per heavy atom. The summed E-state index contributed by atoms with van der Waals surface area (Å²) < 4.78 is 16.7. The third kappa shape index (κ3) is 5.88. The maximum Gasteiger partial charge on any atom is 0.295 e. The Bertz CT molecular complexity index is 1120. The summed E-state index contributed by atoms with van der Waals surface area (Å²) in [5.41, 5.74) is 1.10. The van der Waals surface area contributed by atoms with Gasteiger partial charge in [0.05, 0.1) is 25.3 Å². The highest BCUT2D eigenvalue weighted by molar-refractivity contribution is 6.46. The van der Waals surface area contributed by atoms with Gasteiger partial charge in [-0.15, -0.1) is 0 Å². The molecule has 1 unspecified atom stereocenters. The molecule has 2 aromatic carbocycles. The summed E-state index contributed by atoms with van der Waals surface area (Å²) in [7, 11) is 5.45. The molecule has 1 aliphatic rings. The summed E-state index contributed by atoms with van der Waals surface area (Å²) in [6.45, 7) is 7.34. The van der Waals surface area contributed by atoms with Gasteiger partial charge in [0.15, 0.2) is 11.5 Å². The van der Waals surface area contributed by atoms with E-state index in [2.05, 4.69) is 6.58 Å². The lowest BCUT2D eigenvalue weighted by Crippen LogP contribution is -2.32. The molecule has 192 valence electrons. The van der Waals surface area contributed by atoms with E-state index in [1.807, 2.05) is 25.9 Å². The number of methoxy groups -OCH3 is 1. The minimum absolute atomic E-state index is 0.0391. The molecule has 0 aromatic heterocycles. The van der Waals surface area contributed by atoms with Gasteiger partial charge in [-0.05, 0) is 75.9 Å². The Hall–Kier alpha value is -3.78. The first-order valence-electron chi connectivity index (χ1n) is 11.9. The highest BCUT2D eigenvalue weighted by Gasteiger charge is 2.46. The summed E-state index contributed by atoms with van der Waals surface area (Å²) >= 11 is 0. The Labute approximate surface area is 212 Å². The van der Waals surface area contributed by atoms with Crippen molar-refractivity contribution in [1.82, 2.24) is 9.80 Å². The van der Waals surface area contributed by atoms with Crippen molar-refractivity contribution >= 4 is 17.4 Å². The highest BCUT2D eigenvalue weighted by atomic mass is 16.5. The van der Waals surface area contributed by atoms with Crippen molar-refractivity contribution in [1.29, 1.82) is 0 Å². The number of likely N-dealkylation sites (tertiary alicyclic amines) is 1. The standard InChI is InChI=1S/C28H34N2O6/c1-6-17-36-22-14-11-20(18-23(22)35-7-2)25-24(26(31)19-9-12-21(34-5)13-10-19)27(32)28(33)30(25)16-8-15-29(3)4/h6,9-14,18,25,31H,1,7-8,15-17H2,2-5H3/b26-24+. The third-order valence-corrected chi connectivity index (χ3v) is 5.85. The van der Waals surface area contributed by atoms with Crippen LogP contribution in [0.4, 0.5) is 0 Å². The first-order valence-corrected chi connectivity index (χ1v) is 11.9. The molecule has 0 radical (unpaired) electrons. The molecule has 0 aliphatic carbocycles. The Kier molecular flexibility index (Phi) is 9.13. The number of ether oxygens (including phenoxy) is 3. The minimum atomic E-state index is -0.776. The Morgan fingerprint density at radius 1 is 1.11 bits per heavy atom. The van der Waals surface area contributed by atoms with E-state index in [4.69, 9.17) is 14.2 Å². The number of rotatable bonds is 12. The van der Waals surface area contributed by atoms with Crippen molar-refractivity contribution in [2.45, 2.75) is 19.4 Å². The van der Waals surface area contributed by atoms with E-state index >= 15 is 0 Å². The molecule has 0 bridgehead atoms. The number of Topliss-reactive ketones (excluding diaryl/α,β-unsaturated/α-hetero) is 1. The number of aliphatic hydroxyl groups excluding tert-OH is 1. The molecule has 36 heavy (non-hydrogen) atoms. The van der Waals surface area contributed by atoms with Crippen molar-refractivity contribution in [2.24, 2.45) is 0 Å². The number of benzene rings is 2. The van der Waals surface area contributed by atoms with Crippen LogP contribution in [0, 0.1) is 0 Å². The van der Waals surface area contributed by atoms with Gasteiger partial charge in [0, 0.05) is 12.1 Å². The first kappa shape index (κ1) is 26.8. The first-order chi connectivity index (χ1) is 17.3. The van der Waals surface area contributed by atoms with Crippen molar-refractivity contribution in [3.8, 4) is 17.2 Å². The molecular formula is C28H34N2O6. The predicted molar refractivity (Wildman–Crippen MR) is 138 cm³/mol. The number of hydrogen-bond donors (Lipinski definition) is 1. The van der Waals surface area contributed by atoms with Gasteiger partial charge in [-0.1, -0.05) is 18.7 Å². The fraction of sp³-hybridized carbons (Fsp3) is 0.357. The van der Waals surface area contributed by atoms with Crippen LogP contribution in [0.1, 0.15) is 30.5 Å². The molecule has 0 saturated carbocycles. The number of amides is 1. The van der Waals surface area contributed by atoms with Crippen LogP contribution in [-0.2, 0) is 9.59 Å². The fourth-order valence-electron chi connectivity index (χ4n) is 4.15. The normalized spacial score (nSPS) is 16.9. The van der Waals surface area contributed by atoms with E-state index in [1.165, 1.54) is 4.90 Å². The SMILES string of the molecule is C=CCOc1ccc(C2/C(=C(\O)c3ccc(OC)cc3)C(=O)C(=O)N2CCCN(C)C)cc1OCC. The zero-order valence-electron chi connectivity index (χ0n) is 21.3. The molecule has 2 aromatic rings. The van der Waals surface area contributed by atoms with Crippen LogP contribution in [0.3, 0.4) is 0 Å².